The number of aromatic nitrogens is 1. The van der Waals surface area contributed by atoms with Crippen LogP contribution in [0.5, 0.6) is 0 Å². The van der Waals surface area contributed by atoms with Crippen LogP contribution in [0.4, 0.5) is 0 Å². The van der Waals surface area contributed by atoms with Crippen LogP contribution in [0.3, 0.4) is 0 Å². The van der Waals surface area contributed by atoms with E-state index in [-0.39, 0.29) is 5.91 Å². The van der Waals surface area contributed by atoms with Gasteiger partial charge in [0.25, 0.3) is 5.91 Å². The summed E-state index contributed by atoms with van der Waals surface area (Å²) in [6.45, 7) is 5.21. The lowest BCUT2D eigenvalue weighted by Gasteiger charge is -2.30. The number of amides is 1. The van der Waals surface area contributed by atoms with Gasteiger partial charge in [0.15, 0.2) is 0 Å². The Morgan fingerprint density at radius 1 is 1.47 bits per heavy atom. The first-order valence-corrected chi connectivity index (χ1v) is 7.91. The van der Waals surface area contributed by atoms with Crippen LogP contribution in [0.2, 0.25) is 0 Å². The summed E-state index contributed by atoms with van der Waals surface area (Å²) in [4.78, 5) is 14.9. The molecule has 1 aromatic rings. The van der Waals surface area contributed by atoms with E-state index in [4.69, 9.17) is 0 Å². The minimum absolute atomic E-state index is 0.175. The second kappa shape index (κ2) is 6.12. The minimum Gasteiger partial charge on any atom is -0.345 e. The fourth-order valence-corrected chi connectivity index (χ4v) is 3.42. The molecule has 2 rings (SSSR count). The van der Waals surface area contributed by atoms with Crippen molar-refractivity contribution in [2.75, 3.05) is 6.54 Å². The number of carbonyl (C=O) groups excluding carboxylic acids is 1. The third kappa shape index (κ3) is 3.41. The molecule has 0 bridgehead atoms. The Kier molecular flexibility index (Phi) is 4.71. The van der Waals surface area contributed by atoms with E-state index >= 15 is 0 Å². The van der Waals surface area contributed by atoms with Gasteiger partial charge in [0, 0.05) is 30.3 Å². The molecule has 1 aliphatic rings. The van der Waals surface area contributed by atoms with E-state index in [1.807, 2.05) is 23.9 Å². The molecule has 1 heterocycles. The Labute approximate surface area is 124 Å². The molecule has 0 atom stereocenters. The maximum atomic E-state index is 12.8. The maximum Gasteiger partial charge on any atom is 0.270 e. The number of nitrogens with zero attached hydrogens (tertiary/aromatic N) is 2. The van der Waals surface area contributed by atoms with Gasteiger partial charge in [-0.25, -0.2) is 0 Å². The zero-order valence-electron chi connectivity index (χ0n) is 12.0. The van der Waals surface area contributed by atoms with Gasteiger partial charge in [-0.05, 0) is 40.8 Å². The van der Waals surface area contributed by atoms with E-state index in [9.17, 15) is 4.79 Å². The molecule has 1 aliphatic carbocycles. The monoisotopic (exact) mass is 326 g/mol. The molecule has 3 nitrogen and oxygen atoms in total. The quantitative estimate of drug-likeness (QED) is 0.825. The van der Waals surface area contributed by atoms with Crippen LogP contribution in [0, 0.1) is 5.92 Å². The van der Waals surface area contributed by atoms with Crippen molar-refractivity contribution in [3.63, 3.8) is 0 Å². The normalized spacial score (nSPS) is 16.3. The lowest BCUT2D eigenvalue weighted by Crippen LogP contribution is -2.41. The van der Waals surface area contributed by atoms with E-state index < -0.39 is 0 Å². The summed E-state index contributed by atoms with van der Waals surface area (Å²) in [6.07, 6.45) is 6.76. The van der Waals surface area contributed by atoms with Crippen LogP contribution in [-0.4, -0.2) is 28.0 Å². The lowest BCUT2D eigenvalue weighted by atomic mass is 10.1. The van der Waals surface area contributed by atoms with Crippen LogP contribution >= 0.6 is 15.9 Å². The number of halogens is 1. The topological polar surface area (TPSA) is 25.2 Å². The summed E-state index contributed by atoms with van der Waals surface area (Å²) in [7, 11) is 1.93. The molecule has 0 N–H and O–H groups in total. The molecule has 0 aliphatic heterocycles. The third-order valence-electron chi connectivity index (χ3n) is 3.78. The van der Waals surface area contributed by atoms with Crippen LogP contribution in [0.25, 0.3) is 0 Å². The van der Waals surface area contributed by atoms with Crippen molar-refractivity contribution in [3.8, 4) is 0 Å². The van der Waals surface area contributed by atoms with E-state index in [1.165, 1.54) is 12.8 Å². The van der Waals surface area contributed by atoms with Gasteiger partial charge >= 0.3 is 0 Å². The van der Waals surface area contributed by atoms with Crippen LogP contribution in [0.15, 0.2) is 16.7 Å². The molecular weight excluding hydrogens is 304 g/mol. The standard InChI is InChI=1S/C15H23BrN2O/c1-11(2)9-18(13-6-4-5-7-13)15(19)14-8-12(16)10-17(14)3/h8,10-11,13H,4-7,9H2,1-3H3. The van der Waals surface area contributed by atoms with Gasteiger partial charge in [-0.2, -0.15) is 0 Å². The Hall–Kier alpha value is -0.770. The summed E-state index contributed by atoms with van der Waals surface area (Å²) in [5.41, 5.74) is 0.777. The summed E-state index contributed by atoms with van der Waals surface area (Å²) in [5, 5.41) is 0. The highest BCUT2D eigenvalue weighted by Crippen LogP contribution is 2.26. The number of rotatable bonds is 4. The second-order valence-corrected chi connectivity index (χ2v) is 6.86. The smallest absolute Gasteiger partial charge is 0.270 e. The van der Waals surface area contributed by atoms with Crippen LogP contribution in [0.1, 0.15) is 50.0 Å². The van der Waals surface area contributed by atoms with E-state index in [1.54, 1.807) is 0 Å². The summed E-state index contributed by atoms with van der Waals surface area (Å²) < 4.78 is 2.88. The maximum absolute atomic E-state index is 12.8. The molecule has 0 aromatic carbocycles. The van der Waals surface area contributed by atoms with Crippen molar-refractivity contribution < 1.29 is 4.79 Å². The van der Waals surface area contributed by atoms with Crippen LogP contribution in [-0.2, 0) is 7.05 Å². The predicted octanol–water partition coefficient (Wildman–Crippen LogP) is 3.83. The zero-order chi connectivity index (χ0) is 14.0. The van der Waals surface area contributed by atoms with Crippen molar-refractivity contribution in [3.05, 3.63) is 22.4 Å². The SMILES string of the molecule is CC(C)CN(C(=O)c1cc(Br)cn1C)C1CCCC1. The van der Waals surface area contributed by atoms with Gasteiger partial charge < -0.3 is 9.47 Å². The molecule has 1 fully saturated rings. The molecule has 1 aromatic heterocycles. The van der Waals surface area contributed by atoms with Crippen molar-refractivity contribution in [1.29, 1.82) is 0 Å². The highest BCUT2D eigenvalue weighted by Gasteiger charge is 2.29. The number of hydrogen-bond acceptors (Lipinski definition) is 1. The van der Waals surface area contributed by atoms with Gasteiger partial charge in [0.05, 0.1) is 0 Å². The molecule has 19 heavy (non-hydrogen) atoms. The first kappa shape index (κ1) is 14.6. The number of hydrogen-bond donors (Lipinski definition) is 0. The van der Waals surface area contributed by atoms with Gasteiger partial charge in [0.1, 0.15) is 5.69 Å². The molecule has 4 heteroatoms. The summed E-state index contributed by atoms with van der Waals surface area (Å²) in [5.74, 6) is 0.682. The van der Waals surface area contributed by atoms with Crippen molar-refractivity contribution >= 4 is 21.8 Å². The summed E-state index contributed by atoms with van der Waals surface area (Å²) >= 11 is 3.44. The van der Waals surface area contributed by atoms with E-state index in [0.717, 1.165) is 29.6 Å². The highest BCUT2D eigenvalue weighted by atomic mass is 79.9. The predicted molar refractivity (Wildman–Crippen MR) is 81.2 cm³/mol. The molecular formula is C15H23BrN2O. The third-order valence-corrected chi connectivity index (χ3v) is 4.21. The van der Waals surface area contributed by atoms with Crippen molar-refractivity contribution in [2.24, 2.45) is 13.0 Å². The van der Waals surface area contributed by atoms with Gasteiger partial charge in [0.2, 0.25) is 0 Å². The molecule has 1 amide bonds. The van der Waals surface area contributed by atoms with E-state index in [0.29, 0.717) is 12.0 Å². The van der Waals surface area contributed by atoms with Gasteiger partial charge in [-0.1, -0.05) is 26.7 Å². The average Bonchev–Trinajstić information content (AvgIpc) is 2.94. The molecule has 1 saturated carbocycles. The zero-order valence-corrected chi connectivity index (χ0v) is 13.6. The van der Waals surface area contributed by atoms with Crippen molar-refractivity contribution in [2.45, 2.75) is 45.6 Å². The fourth-order valence-electron chi connectivity index (χ4n) is 2.89. The Morgan fingerprint density at radius 3 is 2.58 bits per heavy atom. The second-order valence-electron chi connectivity index (χ2n) is 5.94. The largest absolute Gasteiger partial charge is 0.345 e. The molecule has 0 saturated heterocycles. The first-order valence-electron chi connectivity index (χ1n) is 7.12. The van der Waals surface area contributed by atoms with Gasteiger partial charge in [-0.3, -0.25) is 4.79 Å². The molecule has 0 unspecified atom stereocenters. The summed E-state index contributed by atoms with van der Waals surface area (Å²) in [6, 6.07) is 2.36. The molecule has 106 valence electrons. The Bertz CT molecular complexity index is 447. The Morgan fingerprint density at radius 2 is 2.11 bits per heavy atom. The fraction of sp³-hybridized carbons (Fsp3) is 0.667. The number of aryl methyl sites for hydroxylation is 1. The molecule has 0 radical (unpaired) electrons. The van der Waals surface area contributed by atoms with Crippen LogP contribution < -0.4 is 0 Å². The van der Waals surface area contributed by atoms with Gasteiger partial charge in [-0.15, -0.1) is 0 Å². The van der Waals surface area contributed by atoms with E-state index in [2.05, 4.69) is 34.7 Å². The highest BCUT2D eigenvalue weighted by molar-refractivity contribution is 9.10. The Balaban J connectivity index is 2.21. The molecule has 0 spiro atoms. The average molecular weight is 327 g/mol. The van der Waals surface area contributed by atoms with Crippen molar-refractivity contribution in [1.82, 2.24) is 9.47 Å². The first-order chi connectivity index (χ1) is 8.99. The lowest BCUT2D eigenvalue weighted by molar-refractivity contribution is 0.0645. The minimum atomic E-state index is 0.175. The number of carbonyl (C=O) groups is 1.